The van der Waals surface area contributed by atoms with Crippen molar-refractivity contribution >= 4 is 30.4 Å². The third-order valence-electron chi connectivity index (χ3n) is 1.21. The molecule has 0 fully saturated rings. The van der Waals surface area contributed by atoms with Crippen LogP contribution in [0.5, 0.6) is 0 Å². The average Bonchev–Trinajstić information content (AvgIpc) is 2.12. The van der Waals surface area contributed by atoms with Crippen LogP contribution in [0.4, 0.5) is 0 Å². The second-order valence-electron chi connectivity index (χ2n) is 3.42. The van der Waals surface area contributed by atoms with Gasteiger partial charge in [0.2, 0.25) is 0 Å². The summed E-state index contributed by atoms with van der Waals surface area (Å²) in [6.07, 6.45) is 0.663. The first-order valence-corrected chi connectivity index (χ1v) is 10.2. The molecule has 0 bridgehead atoms. The van der Waals surface area contributed by atoms with E-state index in [2.05, 4.69) is 20.8 Å². The van der Waals surface area contributed by atoms with Crippen LogP contribution in [0.15, 0.2) is 0 Å². The number of hydrogen-bond acceptors (Lipinski definition) is 6. The monoisotopic (exact) mass is 472 g/mol. The van der Waals surface area contributed by atoms with E-state index in [1.165, 1.54) is 0 Å². The van der Waals surface area contributed by atoms with E-state index in [1.807, 2.05) is 0 Å². The Bertz CT molecular complexity index is 456. The van der Waals surface area contributed by atoms with Crippen LogP contribution < -0.4 is 0 Å². The third-order valence-corrected chi connectivity index (χ3v) is 3.62. The molecular formula is C9H21O9RhS3. The molecule has 0 heterocycles. The van der Waals surface area contributed by atoms with Crippen molar-refractivity contribution in [2.75, 3.05) is 17.3 Å². The Morgan fingerprint density at radius 2 is 0.682 bits per heavy atom. The molecule has 138 valence electrons. The van der Waals surface area contributed by atoms with Gasteiger partial charge in [-0.3, -0.25) is 13.7 Å². The summed E-state index contributed by atoms with van der Waals surface area (Å²) in [7, 11) is -11.2. The predicted octanol–water partition coefficient (Wildman–Crippen LogP) is 0.293. The predicted molar refractivity (Wildman–Crippen MR) is 79.2 cm³/mol. The van der Waals surface area contributed by atoms with Crippen molar-refractivity contribution < 1.29 is 58.4 Å². The average molecular weight is 472 g/mol. The molecular weight excluding hydrogens is 451 g/mol. The maximum atomic E-state index is 9.75. The van der Waals surface area contributed by atoms with E-state index in [0.29, 0.717) is 0 Å². The zero-order chi connectivity index (χ0) is 17.7. The quantitative estimate of drug-likeness (QED) is 0.280. The Balaban J connectivity index is -0.000000108. The Labute approximate surface area is 145 Å². The van der Waals surface area contributed by atoms with Crippen molar-refractivity contribution in [1.82, 2.24) is 0 Å². The molecule has 13 heteroatoms. The molecule has 0 aromatic carbocycles. The first-order valence-electron chi connectivity index (χ1n) is 5.41. The first-order chi connectivity index (χ1) is 9.18. The van der Waals surface area contributed by atoms with Crippen molar-refractivity contribution in [2.24, 2.45) is 0 Å². The van der Waals surface area contributed by atoms with Gasteiger partial charge in [-0.2, -0.15) is 44.5 Å². The van der Waals surface area contributed by atoms with Crippen LogP contribution in [-0.2, 0) is 49.8 Å². The number of hydrogen-bond donors (Lipinski definition) is 3. The Kier molecular flexibility index (Phi) is 20.5. The minimum atomic E-state index is -3.74. The van der Waals surface area contributed by atoms with E-state index in [0.717, 1.165) is 0 Å². The molecule has 0 aliphatic rings. The minimum Gasteiger partial charge on any atom is -0.342 e. The molecule has 0 amide bonds. The Morgan fingerprint density at radius 1 is 0.545 bits per heavy atom. The van der Waals surface area contributed by atoms with Crippen molar-refractivity contribution in [1.29, 1.82) is 0 Å². The molecule has 0 atom stereocenters. The van der Waals surface area contributed by atoms with Crippen molar-refractivity contribution in [3.8, 4) is 0 Å². The van der Waals surface area contributed by atoms with E-state index in [-0.39, 0.29) is 56.0 Å². The van der Waals surface area contributed by atoms with Gasteiger partial charge in [0.15, 0.2) is 0 Å². The van der Waals surface area contributed by atoms with E-state index in [4.69, 9.17) is 13.7 Å². The second kappa shape index (κ2) is 14.9. The SMILES string of the molecule is [CH2-]CCS(=O)(=O)O.[CH2-]CCS(=O)(=O)O.[CH2-]CCS(=O)(=O)O.[Rh+3]. The summed E-state index contributed by atoms with van der Waals surface area (Å²) < 4.78 is 82.3. The van der Waals surface area contributed by atoms with E-state index in [1.54, 1.807) is 0 Å². The van der Waals surface area contributed by atoms with Crippen molar-refractivity contribution in [3.05, 3.63) is 20.8 Å². The molecule has 0 aliphatic heterocycles. The van der Waals surface area contributed by atoms with Crippen molar-refractivity contribution in [3.63, 3.8) is 0 Å². The van der Waals surface area contributed by atoms with Gasteiger partial charge in [-0.15, -0.1) is 0 Å². The van der Waals surface area contributed by atoms with Gasteiger partial charge in [-0.25, -0.2) is 0 Å². The van der Waals surface area contributed by atoms with Crippen LogP contribution in [0, 0.1) is 20.8 Å². The molecule has 0 aliphatic carbocycles. The zero-order valence-corrected chi connectivity index (χ0v) is 15.8. The molecule has 0 radical (unpaired) electrons. The van der Waals surface area contributed by atoms with Crippen molar-refractivity contribution in [2.45, 2.75) is 19.3 Å². The fourth-order valence-electron chi connectivity index (χ4n) is 0.547. The molecule has 0 spiro atoms. The van der Waals surface area contributed by atoms with Gasteiger partial charge in [-0.05, 0) is 0 Å². The Hall–Kier alpha value is 0.353. The molecule has 0 aromatic rings. The zero-order valence-electron chi connectivity index (χ0n) is 11.7. The van der Waals surface area contributed by atoms with Gasteiger partial charge in [0.05, 0.1) is 0 Å². The van der Waals surface area contributed by atoms with Gasteiger partial charge >= 0.3 is 19.5 Å². The minimum absolute atomic E-state index is 0. The molecule has 22 heavy (non-hydrogen) atoms. The standard InChI is InChI=1S/3C3H7O3S.Rh/c3*1-2-3-7(4,5)6;/h3*1-3H2,(H,4,5,6);/q3*-1;+3. The summed E-state index contributed by atoms with van der Waals surface area (Å²) in [5.41, 5.74) is 0. The molecule has 9 nitrogen and oxygen atoms in total. The second-order valence-corrected chi connectivity index (χ2v) is 8.14. The van der Waals surface area contributed by atoms with Crippen LogP contribution >= 0.6 is 0 Å². The summed E-state index contributed by atoms with van der Waals surface area (Å²) >= 11 is 0. The summed E-state index contributed by atoms with van der Waals surface area (Å²) in [6.45, 7) is 9.70. The molecule has 0 saturated heterocycles. The molecule has 3 N–H and O–H groups in total. The van der Waals surface area contributed by atoms with Crippen LogP contribution in [-0.4, -0.2) is 56.2 Å². The first kappa shape index (κ1) is 30.3. The summed E-state index contributed by atoms with van der Waals surface area (Å²) in [5, 5.41) is 0. The largest absolute Gasteiger partial charge is 3.00 e. The Morgan fingerprint density at radius 3 is 0.682 bits per heavy atom. The number of rotatable bonds is 6. The molecule has 0 unspecified atom stereocenters. The fourth-order valence-corrected chi connectivity index (χ4v) is 1.64. The fraction of sp³-hybridized carbons (Fsp3) is 0.667. The van der Waals surface area contributed by atoms with Gasteiger partial charge in [0.25, 0.3) is 30.4 Å². The summed E-state index contributed by atoms with van der Waals surface area (Å²) in [5.74, 6) is -0.729. The topological polar surface area (TPSA) is 163 Å². The van der Waals surface area contributed by atoms with Gasteiger partial charge < -0.3 is 20.8 Å². The molecule has 0 aromatic heterocycles. The van der Waals surface area contributed by atoms with E-state index in [9.17, 15) is 25.3 Å². The van der Waals surface area contributed by atoms with E-state index >= 15 is 0 Å². The smallest absolute Gasteiger partial charge is 0.342 e. The molecule has 0 saturated carbocycles. The maximum Gasteiger partial charge on any atom is 3.00 e. The summed E-state index contributed by atoms with van der Waals surface area (Å²) in [6, 6.07) is 0. The van der Waals surface area contributed by atoms with Crippen LogP contribution in [0.1, 0.15) is 19.3 Å². The van der Waals surface area contributed by atoms with Crippen LogP contribution in [0.25, 0.3) is 0 Å². The van der Waals surface area contributed by atoms with E-state index < -0.39 is 30.4 Å². The normalized spacial score (nSPS) is 11.2. The van der Waals surface area contributed by atoms with Gasteiger partial charge in [0, 0.05) is 17.3 Å². The van der Waals surface area contributed by atoms with Crippen LogP contribution in [0.2, 0.25) is 0 Å². The van der Waals surface area contributed by atoms with Gasteiger partial charge in [-0.1, -0.05) is 0 Å². The third kappa shape index (κ3) is 50.0. The van der Waals surface area contributed by atoms with Crippen LogP contribution in [0.3, 0.4) is 0 Å². The maximum absolute atomic E-state index is 9.75. The van der Waals surface area contributed by atoms with Gasteiger partial charge in [0.1, 0.15) is 0 Å². The summed E-state index contributed by atoms with van der Waals surface area (Å²) in [4.78, 5) is 0. The molecule has 0 rings (SSSR count).